The number of cyclic esters (lactones) is 1. The Morgan fingerprint density at radius 2 is 2.24 bits per heavy atom. The van der Waals surface area contributed by atoms with Crippen LogP contribution in [0.15, 0.2) is 42.7 Å². The Morgan fingerprint density at radius 1 is 1.38 bits per heavy atom. The summed E-state index contributed by atoms with van der Waals surface area (Å²) in [5.74, 6) is 0.380. The third kappa shape index (κ3) is 2.77. The maximum atomic E-state index is 11.9. The van der Waals surface area contributed by atoms with Gasteiger partial charge < -0.3 is 4.74 Å². The number of carbonyl (C=O) groups is 1. The van der Waals surface area contributed by atoms with E-state index in [4.69, 9.17) is 4.74 Å². The summed E-state index contributed by atoms with van der Waals surface area (Å²) in [6.07, 6.45) is 3.43. The first-order valence-electron chi connectivity index (χ1n) is 7.17. The van der Waals surface area contributed by atoms with Gasteiger partial charge in [-0.15, -0.1) is 0 Å². The minimum absolute atomic E-state index is 0.144. The van der Waals surface area contributed by atoms with Crippen molar-refractivity contribution in [2.75, 3.05) is 6.61 Å². The van der Waals surface area contributed by atoms with Gasteiger partial charge in [-0.05, 0) is 29.7 Å². The van der Waals surface area contributed by atoms with E-state index >= 15 is 0 Å². The Morgan fingerprint density at radius 3 is 2.95 bits per heavy atom. The van der Waals surface area contributed by atoms with Crippen molar-refractivity contribution in [1.82, 2.24) is 14.7 Å². The predicted octanol–water partition coefficient (Wildman–Crippen LogP) is 2.85. The van der Waals surface area contributed by atoms with Gasteiger partial charge in [-0.2, -0.15) is 5.10 Å². The van der Waals surface area contributed by atoms with Gasteiger partial charge in [-0.1, -0.05) is 26.0 Å². The Hall–Kier alpha value is -2.30. The van der Waals surface area contributed by atoms with Gasteiger partial charge in [0.2, 0.25) is 0 Å². The fraction of sp³-hybridized carbons (Fsp3) is 0.375. The molecule has 0 saturated carbocycles. The van der Waals surface area contributed by atoms with Crippen LogP contribution >= 0.6 is 0 Å². The third-order valence-corrected chi connectivity index (χ3v) is 3.81. The average Bonchev–Trinajstić information content (AvgIpc) is 3.10. The summed E-state index contributed by atoms with van der Waals surface area (Å²) in [7, 11) is 0. The molecule has 2 heterocycles. The highest BCUT2D eigenvalue weighted by Gasteiger charge is 2.34. The molecule has 0 radical (unpaired) electrons. The third-order valence-electron chi connectivity index (χ3n) is 3.81. The second-order valence-electron chi connectivity index (χ2n) is 5.64. The summed E-state index contributed by atoms with van der Waals surface area (Å²) >= 11 is 0. The fourth-order valence-electron chi connectivity index (χ4n) is 2.61. The van der Waals surface area contributed by atoms with Crippen LogP contribution in [0.2, 0.25) is 0 Å². The van der Waals surface area contributed by atoms with Gasteiger partial charge in [0.1, 0.15) is 6.61 Å². The van der Waals surface area contributed by atoms with Crippen LogP contribution in [0, 0.1) is 5.92 Å². The normalized spacial score (nSPS) is 18.3. The number of hydrogen-bond donors (Lipinski definition) is 0. The van der Waals surface area contributed by atoms with E-state index in [-0.39, 0.29) is 12.1 Å². The van der Waals surface area contributed by atoms with E-state index in [1.807, 2.05) is 40.0 Å². The lowest BCUT2D eigenvalue weighted by atomic mass is 10.0. The van der Waals surface area contributed by atoms with Gasteiger partial charge in [0.25, 0.3) is 0 Å². The Balaban J connectivity index is 1.81. The van der Waals surface area contributed by atoms with E-state index in [1.54, 1.807) is 6.20 Å². The standard InChI is InChI=1S/C16H19N3O2/c1-12(2)15-11-21-16(20)18(15)10-13-5-3-6-14(9-13)19-8-4-7-17-19/h3-9,12,15H,10-11H2,1-2H3/t15-/m1/s1. The average molecular weight is 285 g/mol. The van der Waals surface area contributed by atoms with Crippen molar-refractivity contribution < 1.29 is 9.53 Å². The molecule has 1 aliphatic heterocycles. The molecule has 1 aliphatic rings. The molecule has 0 unspecified atom stereocenters. The van der Waals surface area contributed by atoms with Gasteiger partial charge in [-0.25, -0.2) is 9.48 Å². The molecule has 21 heavy (non-hydrogen) atoms. The van der Waals surface area contributed by atoms with Crippen LogP contribution in [0.5, 0.6) is 0 Å². The molecule has 5 nitrogen and oxygen atoms in total. The maximum absolute atomic E-state index is 11.9. The summed E-state index contributed by atoms with van der Waals surface area (Å²) in [5, 5.41) is 4.23. The first-order chi connectivity index (χ1) is 10.1. The quantitative estimate of drug-likeness (QED) is 0.868. The maximum Gasteiger partial charge on any atom is 0.410 e. The minimum atomic E-state index is -0.224. The van der Waals surface area contributed by atoms with Crippen molar-refractivity contribution in [3.8, 4) is 5.69 Å². The SMILES string of the molecule is CC(C)[C@H]1COC(=O)N1Cc1cccc(-n2cccn2)c1. The van der Waals surface area contributed by atoms with Crippen molar-refractivity contribution in [3.05, 3.63) is 48.3 Å². The molecular formula is C16H19N3O2. The minimum Gasteiger partial charge on any atom is -0.447 e. The number of rotatable bonds is 4. The van der Waals surface area contributed by atoms with E-state index in [0.29, 0.717) is 19.1 Å². The lowest BCUT2D eigenvalue weighted by Gasteiger charge is -2.24. The van der Waals surface area contributed by atoms with Crippen LogP contribution in [0.1, 0.15) is 19.4 Å². The molecule has 1 aromatic heterocycles. The highest BCUT2D eigenvalue weighted by molar-refractivity contribution is 5.70. The monoisotopic (exact) mass is 285 g/mol. The van der Waals surface area contributed by atoms with Crippen LogP contribution in [-0.4, -0.2) is 33.4 Å². The van der Waals surface area contributed by atoms with Crippen LogP contribution < -0.4 is 0 Å². The number of hydrogen-bond acceptors (Lipinski definition) is 3. The summed E-state index contributed by atoms with van der Waals surface area (Å²) < 4.78 is 6.99. The molecule has 110 valence electrons. The van der Waals surface area contributed by atoms with Gasteiger partial charge in [-0.3, -0.25) is 4.90 Å². The largest absolute Gasteiger partial charge is 0.447 e. The first kappa shape index (κ1) is 13.7. The molecule has 3 rings (SSSR count). The zero-order valence-corrected chi connectivity index (χ0v) is 12.3. The number of benzene rings is 1. The van der Waals surface area contributed by atoms with Gasteiger partial charge in [0, 0.05) is 18.9 Å². The topological polar surface area (TPSA) is 47.4 Å². The number of aromatic nitrogens is 2. The first-order valence-corrected chi connectivity index (χ1v) is 7.17. The predicted molar refractivity (Wildman–Crippen MR) is 79.1 cm³/mol. The van der Waals surface area contributed by atoms with E-state index in [1.165, 1.54) is 0 Å². The Kier molecular flexibility index (Phi) is 3.64. The summed E-state index contributed by atoms with van der Waals surface area (Å²) in [6, 6.07) is 10.1. The molecule has 2 aromatic rings. The van der Waals surface area contributed by atoms with Crippen molar-refractivity contribution in [3.63, 3.8) is 0 Å². The molecule has 0 aliphatic carbocycles. The highest BCUT2D eigenvalue weighted by atomic mass is 16.6. The fourth-order valence-corrected chi connectivity index (χ4v) is 2.61. The Labute approximate surface area is 124 Å². The molecule has 1 fully saturated rings. The number of amides is 1. The number of nitrogens with zero attached hydrogens (tertiary/aromatic N) is 3. The van der Waals surface area contributed by atoms with Crippen LogP contribution in [0.25, 0.3) is 5.69 Å². The van der Waals surface area contributed by atoms with Crippen molar-refractivity contribution in [1.29, 1.82) is 0 Å². The molecule has 1 saturated heterocycles. The molecule has 1 atom stereocenters. The number of carbonyl (C=O) groups excluding carboxylic acids is 1. The molecule has 1 amide bonds. The van der Waals surface area contributed by atoms with Crippen LogP contribution in [0.4, 0.5) is 4.79 Å². The number of ether oxygens (including phenoxy) is 1. The summed E-state index contributed by atoms with van der Waals surface area (Å²) in [4.78, 5) is 13.7. The molecule has 1 aromatic carbocycles. The van der Waals surface area contributed by atoms with Crippen molar-refractivity contribution >= 4 is 6.09 Å². The summed E-state index contributed by atoms with van der Waals surface area (Å²) in [6.45, 7) is 5.27. The molecule has 5 heteroatoms. The Bertz CT molecular complexity index is 622. The zero-order chi connectivity index (χ0) is 14.8. The second kappa shape index (κ2) is 5.60. The van der Waals surface area contributed by atoms with E-state index < -0.39 is 0 Å². The van der Waals surface area contributed by atoms with Gasteiger partial charge in [0.15, 0.2) is 0 Å². The van der Waals surface area contributed by atoms with Crippen LogP contribution in [-0.2, 0) is 11.3 Å². The smallest absolute Gasteiger partial charge is 0.410 e. The van der Waals surface area contributed by atoms with Gasteiger partial charge in [0.05, 0.1) is 11.7 Å². The summed E-state index contributed by atoms with van der Waals surface area (Å²) in [5.41, 5.74) is 2.07. The van der Waals surface area contributed by atoms with E-state index in [0.717, 1.165) is 11.3 Å². The second-order valence-corrected chi connectivity index (χ2v) is 5.64. The molecule has 0 N–H and O–H groups in total. The van der Waals surface area contributed by atoms with Gasteiger partial charge >= 0.3 is 6.09 Å². The lowest BCUT2D eigenvalue weighted by Crippen LogP contribution is -2.36. The van der Waals surface area contributed by atoms with E-state index in [9.17, 15) is 4.79 Å². The molecule has 0 bridgehead atoms. The highest BCUT2D eigenvalue weighted by Crippen LogP contribution is 2.22. The lowest BCUT2D eigenvalue weighted by molar-refractivity contribution is 0.155. The van der Waals surface area contributed by atoms with E-state index in [2.05, 4.69) is 25.0 Å². The van der Waals surface area contributed by atoms with Crippen molar-refractivity contribution in [2.24, 2.45) is 5.92 Å². The molecular weight excluding hydrogens is 266 g/mol. The molecule has 0 spiro atoms. The van der Waals surface area contributed by atoms with Crippen molar-refractivity contribution in [2.45, 2.75) is 26.4 Å². The van der Waals surface area contributed by atoms with Crippen LogP contribution in [0.3, 0.4) is 0 Å². The zero-order valence-electron chi connectivity index (χ0n) is 12.3.